The topological polar surface area (TPSA) is 58.0 Å². The van der Waals surface area contributed by atoms with E-state index in [2.05, 4.69) is 203 Å². The van der Waals surface area contributed by atoms with E-state index in [1.807, 2.05) is 30.3 Å². The normalized spacial score (nSPS) is 14.0. The lowest BCUT2D eigenvalue weighted by Gasteiger charge is -2.24. The Bertz CT molecular complexity index is 3660. The third-order valence-electron chi connectivity index (χ3n) is 12.4. The van der Waals surface area contributed by atoms with Gasteiger partial charge in [-0.25, -0.2) is 4.99 Å². The summed E-state index contributed by atoms with van der Waals surface area (Å²) in [4.78, 5) is 5.25. The first-order chi connectivity index (χ1) is 30.7. The molecule has 0 bridgehead atoms. The highest BCUT2D eigenvalue weighted by atomic mass is 15.1. The standard InChI is InChI=1S/C57H37N5/c58-36-37-22-28-44(29-23-37)61-53-20-9-8-19-47(53)50-34-42(27-31-55(50)61)41-25-24-38-26-30-48-46-18-7-10-21-54(46)62(56(48)49(38)33-41)45-17-11-16-43(32-45)52-35-51(39-12-3-1-4-13-39)59-57(60-52)40-14-5-2-6-15-40/h1-35,51H,(H,59,60). The zero-order valence-electron chi connectivity index (χ0n) is 33.6. The van der Waals surface area contributed by atoms with E-state index in [0.717, 1.165) is 61.7 Å². The van der Waals surface area contributed by atoms with Gasteiger partial charge >= 0.3 is 0 Å². The molecule has 12 rings (SSSR count). The van der Waals surface area contributed by atoms with Gasteiger partial charge in [-0.1, -0.05) is 140 Å². The molecule has 290 valence electrons. The Hall–Kier alpha value is -8.46. The van der Waals surface area contributed by atoms with Crippen molar-refractivity contribution in [2.24, 2.45) is 4.99 Å². The summed E-state index contributed by atoms with van der Waals surface area (Å²) in [6, 6.07) is 75.4. The molecule has 1 unspecified atom stereocenters. The van der Waals surface area contributed by atoms with E-state index in [1.54, 1.807) is 0 Å². The van der Waals surface area contributed by atoms with Crippen molar-refractivity contribution in [2.45, 2.75) is 6.04 Å². The molecule has 1 aliphatic heterocycles. The van der Waals surface area contributed by atoms with Crippen LogP contribution in [0.2, 0.25) is 0 Å². The number of hydrogen-bond donors (Lipinski definition) is 1. The Labute approximate surface area is 358 Å². The minimum Gasteiger partial charge on any atom is -0.359 e. The van der Waals surface area contributed by atoms with Gasteiger partial charge in [-0.05, 0) is 94.9 Å². The third kappa shape index (κ3) is 5.81. The maximum absolute atomic E-state index is 9.45. The van der Waals surface area contributed by atoms with Crippen molar-refractivity contribution < 1.29 is 0 Å². The predicted molar refractivity (Wildman–Crippen MR) is 256 cm³/mol. The van der Waals surface area contributed by atoms with Crippen LogP contribution in [0.4, 0.5) is 0 Å². The summed E-state index contributed by atoms with van der Waals surface area (Å²) in [5.41, 5.74) is 13.9. The largest absolute Gasteiger partial charge is 0.359 e. The second-order valence-electron chi connectivity index (χ2n) is 16.0. The van der Waals surface area contributed by atoms with Crippen LogP contribution >= 0.6 is 0 Å². The maximum Gasteiger partial charge on any atom is 0.134 e. The first kappa shape index (κ1) is 35.5. The first-order valence-electron chi connectivity index (χ1n) is 21.0. The van der Waals surface area contributed by atoms with E-state index in [9.17, 15) is 5.26 Å². The second kappa shape index (κ2) is 14.4. The number of benzene rings is 9. The van der Waals surface area contributed by atoms with Crippen molar-refractivity contribution in [3.8, 4) is 28.6 Å². The molecule has 62 heavy (non-hydrogen) atoms. The fraction of sp³-hybridized carbons (Fsp3) is 0.0175. The van der Waals surface area contributed by atoms with Gasteiger partial charge in [0.15, 0.2) is 0 Å². The Morgan fingerprint density at radius 2 is 1.08 bits per heavy atom. The molecule has 0 fully saturated rings. The van der Waals surface area contributed by atoms with Gasteiger partial charge in [0.05, 0.1) is 45.4 Å². The summed E-state index contributed by atoms with van der Waals surface area (Å²) in [6.45, 7) is 0. The molecular weight excluding hydrogens is 755 g/mol. The predicted octanol–water partition coefficient (Wildman–Crippen LogP) is 13.7. The van der Waals surface area contributed by atoms with Crippen LogP contribution in [0.3, 0.4) is 0 Å². The zero-order valence-corrected chi connectivity index (χ0v) is 33.6. The van der Waals surface area contributed by atoms with Crippen molar-refractivity contribution in [3.63, 3.8) is 0 Å². The number of hydrogen-bond acceptors (Lipinski definition) is 3. The van der Waals surface area contributed by atoms with Gasteiger partial charge < -0.3 is 14.5 Å². The van der Waals surface area contributed by atoms with Gasteiger partial charge in [0.1, 0.15) is 5.84 Å². The highest BCUT2D eigenvalue weighted by molar-refractivity contribution is 6.19. The highest BCUT2D eigenvalue weighted by Gasteiger charge is 2.22. The maximum atomic E-state index is 9.45. The number of nitrogens with one attached hydrogen (secondary N) is 1. The lowest BCUT2D eigenvalue weighted by Crippen LogP contribution is -2.31. The smallest absolute Gasteiger partial charge is 0.134 e. The Kier molecular flexibility index (Phi) is 8.23. The van der Waals surface area contributed by atoms with Crippen LogP contribution in [-0.4, -0.2) is 15.0 Å². The van der Waals surface area contributed by atoms with Gasteiger partial charge in [0.2, 0.25) is 0 Å². The second-order valence-corrected chi connectivity index (χ2v) is 16.0. The van der Waals surface area contributed by atoms with Gasteiger partial charge in [-0.3, -0.25) is 0 Å². The lowest BCUT2D eigenvalue weighted by atomic mass is 9.98. The third-order valence-corrected chi connectivity index (χ3v) is 12.4. The average molecular weight is 792 g/mol. The fourth-order valence-electron chi connectivity index (χ4n) is 9.43. The minimum atomic E-state index is -0.0371. The van der Waals surface area contributed by atoms with Crippen LogP contribution in [-0.2, 0) is 0 Å². The number of aromatic nitrogens is 2. The molecule has 1 aliphatic rings. The molecule has 0 aliphatic carbocycles. The summed E-state index contributed by atoms with van der Waals surface area (Å²) in [7, 11) is 0. The van der Waals surface area contributed by atoms with Gasteiger partial charge in [-0.2, -0.15) is 5.26 Å². The molecular formula is C57H37N5. The van der Waals surface area contributed by atoms with Crippen LogP contribution in [0.15, 0.2) is 217 Å². The summed E-state index contributed by atoms with van der Waals surface area (Å²) >= 11 is 0. The Morgan fingerprint density at radius 3 is 1.85 bits per heavy atom. The minimum absolute atomic E-state index is 0.0371. The molecule has 5 heteroatoms. The number of amidine groups is 1. The lowest BCUT2D eigenvalue weighted by molar-refractivity contribution is 0.781. The molecule has 0 saturated heterocycles. The van der Waals surface area contributed by atoms with Crippen molar-refractivity contribution in [2.75, 3.05) is 0 Å². The van der Waals surface area contributed by atoms with Crippen molar-refractivity contribution >= 4 is 65.9 Å². The average Bonchev–Trinajstić information content (AvgIpc) is 3.87. The molecule has 0 spiro atoms. The Morgan fingerprint density at radius 1 is 0.452 bits per heavy atom. The van der Waals surface area contributed by atoms with E-state index in [-0.39, 0.29) is 6.04 Å². The van der Waals surface area contributed by atoms with Crippen LogP contribution in [0.5, 0.6) is 0 Å². The summed E-state index contributed by atoms with van der Waals surface area (Å²) < 4.78 is 4.73. The Balaban J connectivity index is 1.02. The highest BCUT2D eigenvalue weighted by Crippen LogP contribution is 2.40. The van der Waals surface area contributed by atoms with Crippen LogP contribution in [0.1, 0.15) is 28.3 Å². The van der Waals surface area contributed by atoms with Gasteiger partial charge in [0.25, 0.3) is 0 Å². The van der Waals surface area contributed by atoms with E-state index >= 15 is 0 Å². The molecule has 5 nitrogen and oxygen atoms in total. The fourth-order valence-corrected chi connectivity index (χ4v) is 9.43. The first-order valence-corrected chi connectivity index (χ1v) is 21.0. The molecule has 0 saturated carbocycles. The van der Waals surface area contributed by atoms with Crippen LogP contribution < -0.4 is 5.32 Å². The van der Waals surface area contributed by atoms with Gasteiger partial charge in [0, 0.05) is 49.4 Å². The monoisotopic (exact) mass is 791 g/mol. The van der Waals surface area contributed by atoms with Crippen LogP contribution in [0, 0.1) is 11.3 Å². The SMILES string of the molecule is N#Cc1ccc(-n2c3ccccc3c3cc(-c4ccc5ccc6c7ccccc7n(-c7cccc(C8=CC(c9ccccc9)NC(c9ccccc9)=N8)c7)c6c5c4)ccc32)cc1. The summed E-state index contributed by atoms with van der Waals surface area (Å²) in [6.07, 6.45) is 2.24. The number of rotatable bonds is 6. The number of fused-ring (bicyclic) bond motifs is 8. The zero-order chi connectivity index (χ0) is 41.1. The molecule has 2 aromatic heterocycles. The van der Waals surface area contributed by atoms with Crippen molar-refractivity contribution in [1.29, 1.82) is 5.26 Å². The molecule has 1 N–H and O–H groups in total. The van der Waals surface area contributed by atoms with E-state index in [4.69, 9.17) is 4.99 Å². The molecule has 11 aromatic rings. The molecule has 0 radical (unpaired) electrons. The quantitative estimate of drug-likeness (QED) is 0.182. The molecule has 9 aromatic carbocycles. The molecule has 0 amide bonds. The van der Waals surface area contributed by atoms with Crippen LogP contribution in [0.25, 0.3) is 82.6 Å². The number of para-hydroxylation sites is 2. The van der Waals surface area contributed by atoms with E-state index in [1.165, 1.54) is 43.4 Å². The summed E-state index contributed by atoms with van der Waals surface area (Å²) in [5.74, 6) is 0.856. The van der Waals surface area contributed by atoms with Gasteiger partial charge in [-0.15, -0.1) is 0 Å². The van der Waals surface area contributed by atoms with Crippen molar-refractivity contribution in [3.05, 3.63) is 235 Å². The summed E-state index contributed by atoms with van der Waals surface area (Å²) in [5, 5.41) is 20.3. The number of nitriles is 1. The number of aliphatic imine (C=N–C) groups is 1. The van der Waals surface area contributed by atoms with Crippen molar-refractivity contribution in [1.82, 2.24) is 14.5 Å². The van der Waals surface area contributed by atoms with E-state index in [0.29, 0.717) is 5.56 Å². The molecule has 3 heterocycles. The van der Waals surface area contributed by atoms with E-state index < -0.39 is 0 Å². The number of nitrogens with zero attached hydrogens (tertiary/aromatic N) is 4. The molecule has 1 atom stereocenters.